The van der Waals surface area contributed by atoms with Crippen molar-refractivity contribution in [3.8, 4) is 0 Å². The van der Waals surface area contributed by atoms with Gasteiger partial charge in [-0.2, -0.15) is 0 Å². The lowest BCUT2D eigenvalue weighted by atomic mass is 9.90. The van der Waals surface area contributed by atoms with E-state index in [2.05, 4.69) is 49.5 Å². The highest BCUT2D eigenvalue weighted by Crippen LogP contribution is 2.23. The number of hydrogen-bond acceptors (Lipinski definition) is 1. The molecular formula is C15H25N. The van der Waals surface area contributed by atoms with Crippen LogP contribution >= 0.6 is 0 Å². The molecule has 2 unspecified atom stereocenters. The molecule has 1 N–H and O–H groups in total. The molecule has 2 atom stereocenters. The van der Waals surface area contributed by atoms with Gasteiger partial charge in [-0.25, -0.2) is 0 Å². The lowest BCUT2D eigenvalue weighted by molar-refractivity contribution is 0.452. The molecule has 0 saturated carbocycles. The van der Waals surface area contributed by atoms with Crippen LogP contribution in [0.4, 0.5) is 0 Å². The molecule has 0 aromatic heterocycles. The van der Waals surface area contributed by atoms with E-state index in [0.717, 1.165) is 12.5 Å². The monoisotopic (exact) mass is 219 g/mol. The highest BCUT2D eigenvalue weighted by Gasteiger charge is 2.11. The Morgan fingerprint density at radius 2 is 1.81 bits per heavy atom. The molecule has 1 rings (SSSR count). The van der Waals surface area contributed by atoms with Gasteiger partial charge in [0.25, 0.3) is 0 Å². The van der Waals surface area contributed by atoms with Crippen molar-refractivity contribution < 1.29 is 0 Å². The molecule has 1 aromatic rings. The maximum atomic E-state index is 3.31. The van der Waals surface area contributed by atoms with E-state index in [1.165, 1.54) is 24.8 Å². The summed E-state index contributed by atoms with van der Waals surface area (Å²) in [6, 6.07) is 10.9. The Hall–Kier alpha value is -0.820. The summed E-state index contributed by atoms with van der Waals surface area (Å²) >= 11 is 0. The fourth-order valence-corrected chi connectivity index (χ4v) is 2.05. The number of likely N-dealkylation sites (N-methyl/N-ethyl adjacent to an activating group) is 1. The summed E-state index contributed by atoms with van der Waals surface area (Å²) in [5, 5.41) is 3.31. The quantitative estimate of drug-likeness (QED) is 0.735. The molecule has 0 saturated heterocycles. The van der Waals surface area contributed by atoms with E-state index in [1.807, 2.05) is 7.05 Å². The van der Waals surface area contributed by atoms with Crippen molar-refractivity contribution in [2.75, 3.05) is 13.6 Å². The van der Waals surface area contributed by atoms with Crippen LogP contribution in [0.2, 0.25) is 0 Å². The van der Waals surface area contributed by atoms with E-state index >= 15 is 0 Å². The van der Waals surface area contributed by atoms with E-state index in [9.17, 15) is 0 Å². The summed E-state index contributed by atoms with van der Waals surface area (Å²) in [6.07, 6.45) is 3.92. The highest BCUT2D eigenvalue weighted by atomic mass is 14.8. The molecule has 0 aliphatic heterocycles. The second kappa shape index (κ2) is 7.45. The summed E-state index contributed by atoms with van der Waals surface area (Å²) in [4.78, 5) is 0. The van der Waals surface area contributed by atoms with Gasteiger partial charge in [0.2, 0.25) is 0 Å². The lowest BCUT2D eigenvalue weighted by Crippen LogP contribution is -2.17. The molecule has 0 aliphatic carbocycles. The van der Waals surface area contributed by atoms with Crippen molar-refractivity contribution in [3.05, 3.63) is 35.9 Å². The predicted molar refractivity (Wildman–Crippen MR) is 71.8 cm³/mol. The Bertz CT molecular complexity index is 268. The van der Waals surface area contributed by atoms with E-state index in [4.69, 9.17) is 0 Å². The van der Waals surface area contributed by atoms with Gasteiger partial charge in [0, 0.05) is 6.54 Å². The minimum absolute atomic E-state index is 0.667. The molecule has 0 fully saturated rings. The molecule has 0 bridgehead atoms. The van der Waals surface area contributed by atoms with Gasteiger partial charge in [0.1, 0.15) is 0 Å². The summed E-state index contributed by atoms with van der Waals surface area (Å²) < 4.78 is 0. The van der Waals surface area contributed by atoms with E-state index in [1.54, 1.807) is 0 Å². The molecule has 0 radical (unpaired) electrons. The Morgan fingerprint density at radius 1 is 1.12 bits per heavy atom. The zero-order valence-corrected chi connectivity index (χ0v) is 10.9. The van der Waals surface area contributed by atoms with Crippen molar-refractivity contribution in [2.24, 2.45) is 5.92 Å². The van der Waals surface area contributed by atoms with Crippen LogP contribution in [0.25, 0.3) is 0 Å². The van der Waals surface area contributed by atoms with Crippen molar-refractivity contribution in [3.63, 3.8) is 0 Å². The molecule has 0 aliphatic rings. The van der Waals surface area contributed by atoms with E-state index in [0.29, 0.717) is 5.92 Å². The average Bonchev–Trinajstić information content (AvgIpc) is 2.35. The van der Waals surface area contributed by atoms with Crippen LogP contribution in [0.3, 0.4) is 0 Å². The van der Waals surface area contributed by atoms with Gasteiger partial charge in [0.15, 0.2) is 0 Å². The first-order chi connectivity index (χ1) is 7.77. The number of hydrogen-bond donors (Lipinski definition) is 1. The normalized spacial score (nSPS) is 14.7. The highest BCUT2D eigenvalue weighted by molar-refractivity contribution is 5.19. The summed E-state index contributed by atoms with van der Waals surface area (Å²) in [6.45, 7) is 5.71. The van der Waals surface area contributed by atoms with Gasteiger partial charge in [-0.05, 0) is 30.9 Å². The first-order valence-corrected chi connectivity index (χ1v) is 6.47. The van der Waals surface area contributed by atoms with Gasteiger partial charge < -0.3 is 5.32 Å². The minimum Gasteiger partial charge on any atom is -0.319 e. The smallest absolute Gasteiger partial charge is 0.00171 e. The predicted octanol–water partition coefficient (Wildman–Crippen LogP) is 3.82. The molecule has 0 heterocycles. The second-order valence-electron chi connectivity index (χ2n) is 4.76. The molecule has 16 heavy (non-hydrogen) atoms. The molecular weight excluding hydrogens is 194 g/mol. The van der Waals surface area contributed by atoms with Crippen LogP contribution in [0.1, 0.15) is 44.6 Å². The Labute approximate surface area is 100 Å². The van der Waals surface area contributed by atoms with Crippen molar-refractivity contribution in [1.29, 1.82) is 0 Å². The SMILES string of the molecule is CCC(C)CCC(CNC)c1ccccc1. The standard InChI is InChI=1S/C15H25N/c1-4-13(2)10-11-15(12-16-3)14-8-6-5-7-9-14/h5-9,13,15-16H,4,10-12H2,1-3H3. The van der Waals surface area contributed by atoms with Gasteiger partial charge in [0.05, 0.1) is 0 Å². The molecule has 1 nitrogen and oxygen atoms in total. The maximum Gasteiger partial charge on any atom is 0.00171 e. The fraction of sp³-hybridized carbons (Fsp3) is 0.600. The fourth-order valence-electron chi connectivity index (χ4n) is 2.05. The van der Waals surface area contributed by atoms with Crippen LogP contribution in [0.15, 0.2) is 30.3 Å². The van der Waals surface area contributed by atoms with E-state index < -0.39 is 0 Å². The maximum absolute atomic E-state index is 3.31. The van der Waals surface area contributed by atoms with Gasteiger partial charge >= 0.3 is 0 Å². The third-order valence-corrected chi connectivity index (χ3v) is 3.43. The van der Waals surface area contributed by atoms with Crippen LogP contribution in [0.5, 0.6) is 0 Å². The third-order valence-electron chi connectivity index (χ3n) is 3.43. The third kappa shape index (κ3) is 4.36. The number of rotatable bonds is 7. The first kappa shape index (κ1) is 13.2. The Balaban J connectivity index is 2.54. The number of nitrogens with one attached hydrogen (secondary N) is 1. The van der Waals surface area contributed by atoms with Crippen molar-refractivity contribution >= 4 is 0 Å². The van der Waals surface area contributed by atoms with Gasteiger partial charge in [-0.15, -0.1) is 0 Å². The molecule has 0 amide bonds. The molecule has 0 spiro atoms. The Morgan fingerprint density at radius 3 is 2.38 bits per heavy atom. The van der Waals surface area contributed by atoms with Crippen molar-refractivity contribution in [2.45, 2.75) is 39.0 Å². The zero-order chi connectivity index (χ0) is 11.8. The van der Waals surface area contributed by atoms with Crippen molar-refractivity contribution in [1.82, 2.24) is 5.32 Å². The first-order valence-electron chi connectivity index (χ1n) is 6.47. The average molecular weight is 219 g/mol. The van der Waals surface area contributed by atoms with Crippen LogP contribution in [-0.4, -0.2) is 13.6 Å². The number of benzene rings is 1. The zero-order valence-electron chi connectivity index (χ0n) is 10.9. The minimum atomic E-state index is 0.667. The molecule has 1 heteroatoms. The van der Waals surface area contributed by atoms with E-state index in [-0.39, 0.29) is 0 Å². The summed E-state index contributed by atoms with van der Waals surface area (Å²) in [7, 11) is 2.04. The topological polar surface area (TPSA) is 12.0 Å². The van der Waals surface area contributed by atoms with Gasteiger partial charge in [-0.3, -0.25) is 0 Å². The van der Waals surface area contributed by atoms with Crippen LogP contribution in [0, 0.1) is 5.92 Å². The van der Waals surface area contributed by atoms with Crippen LogP contribution in [-0.2, 0) is 0 Å². The summed E-state index contributed by atoms with van der Waals surface area (Å²) in [5.74, 6) is 1.52. The second-order valence-corrected chi connectivity index (χ2v) is 4.76. The van der Waals surface area contributed by atoms with Gasteiger partial charge in [-0.1, -0.05) is 57.0 Å². The molecule has 90 valence electrons. The largest absolute Gasteiger partial charge is 0.319 e. The lowest BCUT2D eigenvalue weighted by Gasteiger charge is -2.18. The Kier molecular flexibility index (Phi) is 6.17. The summed E-state index contributed by atoms with van der Waals surface area (Å²) in [5.41, 5.74) is 1.47. The van der Waals surface area contributed by atoms with Crippen LogP contribution < -0.4 is 5.32 Å². The molecule has 1 aromatic carbocycles.